The highest BCUT2D eigenvalue weighted by atomic mass is 19.1. The summed E-state index contributed by atoms with van der Waals surface area (Å²) in [4.78, 5) is 14.1. The van der Waals surface area contributed by atoms with Crippen LogP contribution in [-0.4, -0.2) is 41.0 Å². The first-order chi connectivity index (χ1) is 11.6. The number of ether oxygens (including phenoxy) is 1. The lowest BCUT2D eigenvalue weighted by atomic mass is 10.1. The predicted molar refractivity (Wildman–Crippen MR) is 86.2 cm³/mol. The van der Waals surface area contributed by atoms with Crippen LogP contribution >= 0.6 is 0 Å². The molecule has 8 heteroatoms. The van der Waals surface area contributed by atoms with Crippen molar-refractivity contribution < 1.29 is 14.0 Å². The molecule has 1 aliphatic rings. The minimum absolute atomic E-state index is 0.254. The normalized spacial score (nSPS) is 14.9. The number of halogens is 1. The second-order valence-corrected chi connectivity index (χ2v) is 4.99. The van der Waals surface area contributed by atoms with Gasteiger partial charge < -0.3 is 4.74 Å². The third kappa shape index (κ3) is 3.01. The maximum absolute atomic E-state index is 13.2. The molecule has 0 aliphatic carbocycles. The molecule has 7 nitrogen and oxygen atoms in total. The predicted octanol–water partition coefficient (Wildman–Crippen LogP) is 2.07. The first-order valence-electron chi connectivity index (χ1n) is 7.45. The van der Waals surface area contributed by atoms with Crippen molar-refractivity contribution in [3.05, 3.63) is 53.6 Å². The number of benzene rings is 1. The summed E-state index contributed by atoms with van der Waals surface area (Å²) >= 11 is 0. The first-order valence-corrected chi connectivity index (χ1v) is 7.45. The number of rotatable bonds is 5. The molecule has 1 N–H and O–H groups in total. The lowest BCUT2D eigenvalue weighted by molar-refractivity contribution is -0.231. The van der Waals surface area contributed by atoms with Crippen molar-refractivity contribution >= 4 is 11.4 Å². The van der Waals surface area contributed by atoms with E-state index in [4.69, 9.17) is 9.57 Å². The summed E-state index contributed by atoms with van der Waals surface area (Å²) in [5, 5.41) is 3.28. The van der Waals surface area contributed by atoms with Crippen LogP contribution < -0.4 is 10.2 Å². The van der Waals surface area contributed by atoms with E-state index in [9.17, 15) is 4.39 Å². The molecule has 1 aliphatic heterocycles. The number of aromatic nitrogens is 2. The minimum Gasteiger partial charge on any atom is -0.467 e. The van der Waals surface area contributed by atoms with Gasteiger partial charge in [0.2, 0.25) is 0 Å². The Balaban J connectivity index is 2.13. The van der Waals surface area contributed by atoms with E-state index in [1.807, 2.05) is 14.0 Å². The molecule has 0 saturated carbocycles. The zero-order valence-corrected chi connectivity index (χ0v) is 13.7. The third-order valence-electron chi connectivity index (χ3n) is 3.42. The standard InChI is InChI=1S/C16H18FN5O2/c1-4-24-22-15(13-9-10-18-16(19-13)23-3)14(20-21(22)2)11-5-7-12(17)8-6-11/h5-10,20H,4H2,1-3H3. The van der Waals surface area contributed by atoms with Gasteiger partial charge in [0.25, 0.3) is 0 Å². The summed E-state index contributed by atoms with van der Waals surface area (Å²) in [7, 11) is 3.32. The summed E-state index contributed by atoms with van der Waals surface area (Å²) in [6.45, 7) is 2.36. The average Bonchev–Trinajstić information content (AvgIpc) is 2.93. The highest BCUT2D eigenvalue weighted by Crippen LogP contribution is 2.33. The Kier molecular flexibility index (Phi) is 4.59. The van der Waals surface area contributed by atoms with E-state index in [1.165, 1.54) is 19.2 Å². The Bertz CT molecular complexity index is 750. The molecule has 2 aromatic rings. The number of hydrogen-bond acceptors (Lipinski definition) is 7. The van der Waals surface area contributed by atoms with Gasteiger partial charge in [0.05, 0.1) is 25.1 Å². The number of nitrogens with zero attached hydrogens (tertiary/aromatic N) is 4. The second-order valence-electron chi connectivity index (χ2n) is 4.99. The molecular formula is C16H18FN5O2. The topological polar surface area (TPSA) is 62.8 Å². The molecule has 0 fully saturated rings. The third-order valence-corrected chi connectivity index (χ3v) is 3.42. The molecule has 1 aromatic heterocycles. The highest BCUT2D eigenvalue weighted by molar-refractivity contribution is 5.88. The van der Waals surface area contributed by atoms with E-state index in [0.29, 0.717) is 18.0 Å². The Morgan fingerprint density at radius 3 is 2.62 bits per heavy atom. The fourth-order valence-corrected chi connectivity index (χ4v) is 2.39. The maximum atomic E-state index is 13.2. The van der Waals surface area contributed by atoms with Gasteiger partial charge in [-0.15, -0.1) is 5.12 Å². The molecule has 24 heavy (non-hydrogen) atoms. The van der Waals surface area contributed by atoms with E-state index in [-0.39, 0.29) is 11.8 Å². The van der Waals surface area contributed by atoms with Crippen molar-refractivity contribution in [3.63, 3.8) is 0 Å². The number of methoxy groups -OCH3 is 1. The monoisotopic (exact) mass is 331 g/mol. The van der Waals surface area contributed by atoms with Crippen LogP contribution in [0.1, 0.15) is 18.2 Å². The van der Waals surface area contributed by atoms with Gasteiger partial charge in [-0.05, 0) is 37.3 Å². The van der Waals surface area contributed by atoms with Crippen LogP contribution in [0.3, 0.4) is 0 Å². The van der Waals surface area contributed by atoms with E-state index < -0.39 is 0 Å². The van der Waals surface area contributed by atoms with Crippen LogP contribution in [0.25, 0.3) is 11.4 Å². The Morgan fingerprint density at radius 1 is 1.21 bits per heavy atom. The van der Waals surface area contributed by atoms with Gasteiger partial charge in [0, 0.05) is 18.8 Å². The van der Waals surface area contributed by atoms with Gasteiger partial charge in [-0.2, -0.15) is 10.2 Å². The molecule has 2 heterocycles. The van der Waals surface area contributed by atoms with Crippen LogP contribution in [-0.2, 0) is 4.84 Å². The molecule has 0 atom stereocenters. The van der Waals surface area contributed by atoms with Crippen molar-refractivity contribution in [2.45, 2.75) is 6.92 Å². The largest absolute Gasteiger partial charge is 0.467 e. The number of hydroxylamine groups is 1. The Morgan fingerprint density at radius 2 is 1.96 bits per heavy atom. The van der Waals surface area contributed by atoms with E-state index in [0.717, 1.165) is 11.3 Å². The van der Waals surface area contributed by atoms with Gasteiger partial charge in [-0.3, -0.25) is 10.3 Å². The first kappa shape index (κ1) is 16.2. The maximum Gasteiger partial charge on any atom is 0.316 e. The molecule has 126 valence electrons. The quantitative estimate of drug-likeness (QED) is 0.900. The smallest absolute Gasteiger partial charge is 0.316 e. The Labute approximate surface area is 139 Å². The summed E-state index contributed by atoms with van der Waals surface area (Å²) in [5.41, 5.74) is 6.05. The molecule has 3 rings (SSSR count). The van der Waals surface area contributed by atoms with Crippen molar-refractivity contribution in [2.75, 3.05) is 20.8 Å². The summed E-state index contributed by atoms with van der Waals surface area (Å²) in [5.74, 6) is -0.294. The van der Waals surface area contributed by atoms with Crippen LogP contribution in [0.15, 0.2) is 36.5 Å². The zero-order chi connectivity index (χ0) is 17.1. The molecule has 0 bridgehead atoms. The highest BCUT2D eigenvalue weighted by Gasteiger charge is 2.31. The second kappa shape index (κ2) is 6.81. The molecule has 0 spiro atoms. The zero-order valence-electron chi connectivity index (χ0n) is 13.7. The number of nitrogens with one attached hydrogen (secondary N) is 1. The van der Waals surface area contributed by atoms with Crippen LogP contribution in [0.5, 0.6) is 6.01 Å². The summed E-state index contributed by atoms with van der Waals surface area (Å²) in [6.07, 6.45) is 1.61. The van der Waals surface area contributed by atoms with Gasteiger partial charge in [0.15, 0.2) is 0 Å². The van der Waals surface area contributed by atoms with Crippen LogP contribution in [0, 0.1) is 5.82 Å². The van der Waals surface area contributed by atoms with Crippen LogP contribution in [0.4, 0.5) is 4.39 Å². The summed E-state index contributed by atoms with van der Waals surface area (Å²) < 4.78 is 18.4. The molecule has 0 radical (unpaired) electrons. The van der Waals surface area contributed by atoms with E-state index in [1.54, 1.807) is 34.7 Å². The van der Waals surface area contributed by atoms with Gasteiger partial charge in [-0.1, -0.05) is 0 Å². The van der Waals surface area contributed by atoms with Crippen molar-refractivity contribution in [3.8, 4) is 6.01 Å². The van der Waals surface area contributed by atoms with Crippen molar-refractivity contribution in [1.29, 1.82) is 0 Å². The molecule has 0 saturated heterocycles. The average molecular weight is 331 g/mol. The Hall–Kier alpha value is -2.71. The lowest BCUT2D eigenvalue weighted by Gasteiger charge is -2.25. The van der Waals surface area contributed by atoms with E-state index in [2.05, 4.69) is 15.4 Å². The van der Waals surface area contributed by atoms with Gasteiger partial charge in [-0.25, -0.2) is 9.37 Å². The van der Waals surface area contributed by atoms with E-state index >= 15 is 0 Å². The molecular weight excluding hydrogens is 313 g/mol. The molecule has 1 aromatic carbocycles. The molecule has 0 amide bonds. The fourth-order valence-electron chi connectivity index (χ4n) is 2.39. The van der Waals surface area contributed by atoms with Crippen LogP contribution in [0.2, 0.25) is 0 Å². The molecule has 0 unspecified atom stereocenters. The SMILES string of the molecule is CCON1C(c2ccnc(OC)n2)=C(c2ccc(F)cc2)NN1C. The number of hydrogen-bond donors (Lipinski definition) is 1. The van der Waals surface area contributed by atoms with Gasteiger partial charge in [0.1, 0.15) is 11.5 Å². The van der Waals surface area contributed by atoms with Gasteiger partial charge >= 0.3 is 6.01 Å². The fraction of sp³-hybridized carbons (Fsp3) is 0.250. The number of hydrazine groups is 2. The summed E-state index contributed by atoms with van der Waals surface area (Å²) in [6, 6.07) is 8.22. The lowest BCUT2D eigenvalue weighted by Crippen LogP contribution is -2.39. The van der Waals surface area contributed by atoms with Crippen molar-refractivity contribution in [1.82, 2.24) is 25.7 Å². The minimum atomic E-state index is -0.294. The van der Waals surface area contributed by atoms with Crippen molar-refractivity contribution in [2.24, 2.45) is 0 Å².